The van der Waals surface area contributed by atoms with Crippen LogP contribution in [0.5, 0.6) is 5.75 Å². The fraction of sp³-hybridized carbons (Fsp3) is 0.364. The first-order chi connectivity index (χ1) is 13.6. The van der Waals surface area contributed by atoms with Crippen LogP contribution in [0.4, 0.5) is 0 Å². The van der Waals surface area contributed by atoms with Crippen molar-refractivity contribution in [3.8, 4) is 5.75 Å². The number of nitrogens with one attached hydrogen (secondary N) is 2. The summed E-state index contributed by atoms with van der Waals surface area (Å²) in [6, 6.07) is 17.0. The lowest BCUT2D eigenvalue weighted by Crippen LogP contribution is -2.61. The molecule has 28 heavy (non-hydrogen) atoms. The highest BCUT2D eigenvalue weighted by Crippen LogP contribution is 2.24. The van der Waals surface area contributed by atoms with Crippen molar-refractivity contribution in [2.24, 2.45) is 0 Å². The predicted molar refractivity (Wildman–Crippen MR) is 106 cm³/mol. The number of carbonyl (C=O) groups excluding carboxylic acids is 2. The first-order valence-corrected chi connectivity index (χ1v) is 9.65. The van der Waals surface area contributed by atoms with E-state index in [9.17, 15) is 9.59 Å². The maximum Gasteiger partial charge on any atom is 0.246 e. The van der Waals surface area contributed by atoms with Crippen molar-refractivity contribution in [2.75, 3.05) is 13.7 Å². The Morgan fingerprint density at radius 3 is 2.54 bits per heavy atom. The van der Waals surface area contributed by atoms with Gasteiger partial charge in [-0.1, -0.05) is 42.5 Å². The van der Waals surface area contributed by atoms with Crippen LogP contribution in [0.25, 0.3) is 0 Å². The van der Waals surface area contributed by atoms with Crippen LogP contribution in [0, 0.1) is 0 Å². The zero-order chi connectivity index (χ0) is 19.5. The number of rotatable bonds is 6. The second-order valence-corrected chi connectivity index (χ2v) is 7.42. The third-order valence-electron chi connectivity index (χ3n) is 5.54. The molecule has 0 aliphatic carbocycles. The van der Waals surface area contributed by atoms with Gasteiger partial charge in [0.1, 0.15) is 17.8 Å². The Hall–Kier alpha value is -2.86. The summed E-state index contributed by atoms with van der Waals surface area (Å²) in [6.07, 6.45) is 1.17. The van der Waals surface area contributed by atoms with E-state index >= 15 is 0 Å². The minimum absolute atomic E-state index is 0.0159. The summed E-state index contributed by atoms with van der Waals surface area (Å²) in [5, 5.41) is 6.40. The highest BCUT2D eigenvalue weighted by atomic mass is 16.5. The molecule has 146 valence electrons. The number of nitrogens with zero attached hydrogens (tertiary/aromatic N) is 1. The first kappa shape index (κ1) is 18.5. The van der Waals surface area contributed by atoms with Gasteiger partial charge in [0.15, 0.2) is 0 Å². The zero-order valence-corrected chi connectivity index (χ0v) is 15.9. The Morgan fingerprint density at radius 2 is 1.82 bits per heavy atom. The highest BCUT2D eigenvalue weighted by Gasteiger charge is 2.46. The second kappa shape index (κ2) is 8.02. The minimum Gasteiger partial charge on any atom is -0.497 e. The fourth-order valence-corrected chi connectivity index (χ4v) is 4.00. The Morgan fingerprint density at radius 1 is 1.07 bits per heavy atom. The van der Waals surface area contributed by atoms with Gasteiger partial charge in [-0.05, 0) is 29.7 Å². The molecule has 0 aromatic heterocycles. The van der Waals surface area contributed by atoms with Gasteiger partial charge in [-0.25, -0.2) is 0 Å². The number of ether oxygens (including phenoxy) is 1. The number of amides is 2. The largest absolute Gasteiger partial charge is 0.497 e. The molecule has 2 heterocycles. The van der Waals surface area contributed by atoms with Gasteiger partial charge in [0.25, 0.3) is 0 Å². The molecule has 0 unspecified atom stereocenters. The quantitative estimate of drug-likeness (QED) is 0.798. The summed E-state index contributed by atoms with van der Waals surface area (Å²) >= 11 is 0. The molecule has 2 aromatic rings. The van der Waals surface area contributed by atoms with Crippen molar-refractivity contribution in [2.45, 2.75) is 37.5 Å². The van der Waals surface area contributed by atoms with Gasteiger partial charge in [0.05, 0.1) is 7.11 Å². The number of hydrogen-bond donors (Lipinski definition) is 2. The molecule has 2 amide bonds. The van der Waals surface area contributed by atoms with Crippen LogP contribution in [0.2, 0.25) is 0 Å². The van der Waals surface area contributed by atoms with Gasteiger partial charge in [-0.15, -0.1) is 0 Å². The van der Waals surface area contributed by atoms with E-state index in [1.807, 2.05) is 54.6 Å². The molecule has 2 N–H and O–H groups in total. The summed E-state index contributed by atoms with van der Waals surface area (Å²) in [4.78, 5) is 27.2. The fourth-order valence-electron chi connectivity index (χ4n) is 4.00. The predicted octanol–water partition coefficient (Wildman–Crippen LogP) is 1.50. The lowest BCUT2D eigenvalue weighted by atomic mass is 10.0. The number of piperazine rings is 1. The topological polar surface area (TPSA) is 70.7 Å². The van der Waals surface area contributed by atoms with E-state index < -0.39 is 6.04 Å². The maximum absolute atomic E-state index is 12.9. The van der Waals surface area contributed by atoms with Crippen molar-refractivity contribution < 1.29 is 14.3 Å². The number of carbonyl (C=O) groups is 2. The molecule has 2 saturated heterocycles. The Bertz CT molecular complexity index is 838. The molecule has 0 spiro atoms. The van der Waals surface area contributed by atoms with E-state index in [1.54, 1.807) is 12.0 Å². The molecule has 4 rings (SSSR count). The van der Waals surface area contributed by atoms with E-state index in [1.165, 1.54) is 0 Å². The van der Waals surface area contributed by atoms with E-state index in [0.717, 1.165) is 16.9 Å². The summed E-state index contributed by atoms with van der Waals surface area (Å²) in [5.41, 5.74) is 2.19. The van der Waals surface area contributed by atoms with Crippen molar-refractivity contribution >= 4 is 11.8 Å². The first-order valence-electron chi connectivity index (χ1n) is 9.65. The van der Waals surface area contributed by atoms with E-state index in [2.05, 4.69) is 10.6 Å². The van der Waals surface area contributed by atoms with Gasteiger partial charge in [0.2, 0.25) is 11.8 Å². The van der Waals surface area contributed by atoms with Gasteiger partial charge in [-0.3, -0.25) is 9.59 Å². The van der Waals surface area contributed by atoms with Crippen LogP contribution in [0.1, 0.15) is 17.5 Å². The molecule has 6 nitrogen and oxygen atoms in total. The Labute approximate surface area is 164 Å². The summed E-state index contributed by atoms with van der Waals surface area (Å²) in [6.45, 7) is 1.26. The molecule has 2 aliphatic rings. The smallest absolute Gasteiger partial charge is 0.246 e. The number of fused-ring (bicyclic) bond motifs is 1. The van der Waals surface area contributed by atoms with Crippen LogP contribution < -0.4 is 15.4 Å². The van der Waals surface area contributed by atoms with Crippen molar-refractivity contribution in [1.82, 2.24) is 15.5 Å². The number of benzene rings is 2. The molecule has 2 fully saturated rings. The minimum atomic E-state index is -0.480. The average Bonchev–Trinajstić information content (AvgIpc) is 3.17. The monoisotopic (exact) mass is 379 g/mol. The summed E-state index contributed by atoms with van der Waals surface area (Å²) < 4.78 is 5.18. The zero-order valence-electron chi connectivity index (χ0n) is 15.9. The van der Waals surface area contributed by atoms with Crippen LogP contribution >= 0.6 is 0 Å². The van der Waals surface area contributed by atoms with Crippen LogP contribution in [0.15, 0.2) is 54.6 Å². The van der Waals surface area contributed by atoms with E-state index in [-0.39, 0.29) is 23.9 Å². The molecular formula is C22H25N3O3. The molecule has 0 radical (unpaired) electrons. The van der Waals surface area contributed by atoms with Crippen LogP contribution in [-0.4, -0.2) is 48.5 Å². The lowest BCUT2D eigenvalue weighted by molar-refractivity contribution is -0.147. The molecular weight excluding hydrogens is 354 g/mol. The average molecular weight is 379 g/mol. The normalized spacial score (nSPS) is 24.0. The summed E-state index contributed by atoms with van der Waals surface area (Å²) in [7, 11) is 1.65. The van der Waals surface area contributed by atoms with Gasteiger partial charge in [-0.2, -0.15) is 0 Å². The van der Waals surface area contributed by atoms with Crippen molar-refractivity contribution in [3.63, 3.8) is 0 Å². The molecule has 6 heteroatoms. The molecule has 0 bridgehead atoms. The van der Waals surface area contributed by atoms with Crippen molar-refractivity contribution in [1.29, 1.82) is 0 Å². The molecule has 2 aliphatic heterocycles. The van der Waals surface area contributed by atoms with Crippen molar-refractivity contribution in [3.05, 3.63) is 65.7 Å². The second-order valence-electron chi connectivity index (χ2n) is 7.42. The number of hydrogen-bond acceptors (Lipinski definition) is 4. The van der Waals surface area contributed by atoms with Crippen LogP contribution in [-0.2, 0) is 22.6 Å². The Balaban J connectivity index is 1.36. The standard InChI is InChI=1S/C22H25N3O3/c1-28-18-9-7-16(8-10-18)13-23-17-12-20-21(26)24-19(22(27)25(20)14-17)11-15-5-3-2-4-6-15/h2-10,17,19-20,23H,11-14H2,1H3,(H,24,26)/t17-,19+,20-/m0/s1. The highest BCUT2D eigenvalue weighted by molar-refractivity contribution is 5.97. The molecule has 3 atom stereocenters. The summed E-state index contributed by atoms with van der Waals surface area (Å²) in [5.74, 6) is 0.796. The van der Waals surface area contributed by atoms with Gasteiger partial charge >= 0.3 is 0 Å². The Kier molecular flexibility index (Phi) is 5.30. The van der Waals surface area contributed by atoms with Gasteiger partial charge in [0, 0.05) is 25.6 Å². The lowest BCUT2D eigenvalue weighted by Gasteiger charge is -2.34. The SMILES string of the molecule is COc1ccc(CN[C@H]2C[C@H]3C(=O)N[C@H](Cc4ccccc4)C(=O)N3C2)cc1. The maximum atomic E-state index is 12.9. The van der Waals surface area contributed by atoms with E-state index in [0.29, 0.717) is 25.9 Å². The third kappa shape index (κ3) is 3.87. The molecule has 2 aromatic carbocycles. The molecule has 0 saturated carbocycles. The number of methoxy groups -OCH3 is 1. The van der Waals surface area contributed by atoms with Crippen LogP contribution in [0.3, 0.4) is 0 Å². The van der Waals surface area contributed by atoms with Gasteiger partial charge < -0.3 is 20.3 Å². The third-order valence-corrected chi connectivity index (χ3v) is 5.54. The van der Waals surface area contributed by atoms with E-state index in [4.69, 9.17) is 4.74 Å².